The number of aromatic nitrogens is 2. The fourth-order valence-electron chi connectivity index (χ4n) is 1.58. The normalized spacial score (nSPS) is 10.9. The predicted molar refractivity (Wildman–Crippen MR) is 68.2 cm³/mol. The van der Waals surface area contributed by atoms with Gasteiger partial charge in [-0.3, -0.25) is 4.74 Å². The first-order chi connectivity index (χ1) is 9.28. The van der Waals surface area contributed by atoms with E-state index >= 15 is 0 Å². The molecule has 0 spiro atoms. The van der Waals surface area contributed by atoms with Crippen molar-refractivity contribution in [3.05, 3.63) is 54.6 Å². The predicted octanol–water partition coefficient (Wildman–Crippen LogP) is 0.284. The number of pyridine rings is 2. The van der Waals surface area contributed by atoms with Gasteiger partial charge in [-0.1, -0.05) is 5.16 Å². The van der Waals surface area contributed by atoms with Crippen molar-refractivity contribution >= 4 is 11.9 Å². The molecule has 6 heteroatoms. The van der Waals surface area contributed by atoms with Crippen molar-refractivity contribution < 1.29 is 19.1 Å². The molecule has 0 aliphatic heterocycles. The van der Waals surface area contributed by atoms with Gasteiger partial charge in [0.05, 0.1) is 11.9 Å². The first-order valence-corrected chi connectivity index (χ1v) is 5.77. The molecular formula is C13H16N4O2+2. The van der Waals surface area contributed by atoms with Gasteiger partial charge in [-0.2, -0.15) is 9.13 Å². The molecule has 0 bridgehead atoms. The fourth-order valence-corrected chi connectivity index (χ4v) is 1.58. The second-order valence-electron chi connectivity index (χ2n) is 4.00. The monoisotopic (exact) mass is 260 g/mol. The van der Waals surface area contributed by atoms with Crippen LogP contribution in [0.4, 0.5) is 5.69 Å². The molecule has 2 aromatic heterocycles. The van der Waals surface area contributed by atoms with Crippen LogP contribution < -0.4 is 14.9 Å². The third-order valence-electron chi connectivity index (χ3n) is 2.49. The van der Waals surface area contributed by atoms with Crippen molar-refractivity contribution in [2.24, 2.45) is 5.16 Å². The maximum absolute atomic E-state index is 8.40. The summed E-state index contributed by atoms with van der Waals surface area (Å²) in [6.45, 7) is 0.857. The molecule has 0 radical (unpaired) electrons. The summed E-state index contributed by atoms with van der Waals surface area (Å²) in [7, 11) is 0. The fraction of sp³-hybridized carbons (Fsp3) is 0.154. The molecule has 0 saturated heterocycles. The SMILES string of the molecule is Nc1ccc[n+](COC[n+]2ccc(/C=N\O)cc2)c1. The molecule has 98 valence electrons. The van der Waals surface area contributed by atoms with Gasteiger partial charge in [-0.15, -0.1) is 0 Å². The number of nitrogens with zero attached hydrogens (tertiary/aromatic N) is 3. The van der Waals surface area contributed by atoms with E-state index in [0.29, 0.717) is 19.1 Å². The lowest BCUT2D eigenvalue weighted by molar-refractivity contribution is -0.788. The van der Waals surface area contributed by atoms with Crippen LogP contribution in [0.2, 0.25) is 0 Å². The van der Waals surface area contributed by atoms with Gasteiger partial charge < -0.3 is 10.9 Å². The highest BCUT2D eigenvalue weighted by Gasteiger charge is 2.04. The molecule has 0 atom stereocenters. The van der Waals surface area contributed by atoms with Gasteiger partial charge in [0, 0.05) is 23.8 Å². The van der Waals surface area contributed by atoms with E-state index in [-0.39, 0.29) is 0 Å². The van der Waals surface area contributed by atoms with Gasteiger partial charge in [0.25, 0.3) is 13.5 Å². The van der Waals surface area contributed by atoms with Gasteiger partial charge >= 0.3 is 0 Å². The summed E-state index contributed by atoms with van der Waals surface area (Å²) in [5, 5.41) is 11.4. The lowest BCUT2D eigenvalue weighted by Crippen LogP contribution is -2.40. The lowest BCUT2D eigenvalue weighted by Gasteiger charge is -1.99. The number of anilines is 1. The van der Waals surface area contributed by atoms with Gasteiger partial charge in [-0.05, 0) is 6.07 Å². The van der Waals surface area contributed by atoms with Crippen LogP contribution in [0.1, 0.15) is 5.56 Å². The maximum Gasteiger partial charge on any atom is 0.257 e. The zero-order valence-electron chi connectivity index (χ0n) is 10.4. The minimum Gasteiger partial charge on any atom is -0.411 e. The summed E-state index contributed by atoms with van der Waals surface area (Å²) in [6.07, 6.45) is 8.77. The first kappa shape index (κ1) is 13.0. The Balaban J connectivity index is 1.85. The zero-order chi connectivity index (χ0) is 13.5. The van der Waals surface area contributed by atoms with E-state index in [9.17, 15) is 0 Å². The van der Waals surface area contributed by atoms with Crippen molar-refractivity contribution in [2.75, 3.05) is 5.73 Å². The molecule has 0 saturated carbocycles. The Morgan fingerprint density at radius 2 is 1.89 bits per heavy atom. The molecule has 0 amide bonds. The lowest BCUT2D eigenvalue weighted by atomic mass is 10.3. The van der Waals surface area contributed by atoms with Crippen LogP contribution in [0.5, 0.6) is 0 Å². The standard InChI is InChI=1S/C13H15N4O2/c14-13-2-1-5-17(9-13)11-19-10-16-6-3-12(4-7-16)8-15-18/h1-9H,10-11,14H2/q+1/p+1. The van der Waals surface area contributed by atoms with Gasteiger partial charge in [0.15, 0.2) is 24.8 Å². The number of ether oxygens (including phenoxy) is 1. The van der Waals surface area contributed by atoms with Crippen LogP contribution in [0.15, 0.2) is 54.2 Å². The number of nitrogen functional groups attached to an aromatic ring is 1. The molecule has 6 nitrogen and oxygen atoms in total. The van der Waals surface area contributed by atoms with E-state index in [1.165, 1.54) is 6.21 Å². The minimum atomic E-state index is 0.428. The molecule has 0 fully saturated rings. The Kier molecular flexibility index (Phi) is 4.41. The second-order valence-corrected chi connectivity index (χ2v) is 4.00. The van der Waals surface area contributed by atoms with Gasteiger partial charge in [-0.25, -0.2) is 0 Å². The molecule has 0 aliphatic rings. The number of rotatable bonds is 5. The second kappa shape index (κ2) is 6.46. The van der Waals surface area contributed by atoms with Crippen molar-refractivity contribution in [3.8, 4) is 0 Å². The van der Waals surface area contributed by atoms with Crippen molar-refractivity contribution in [1.29, 1.82) is 0 Å². The van der Waals surface area contributed by atoms with Crippen molar-refractivity contribution in [2.45, 2.75) is 13.5 Å². The summed E-state index contributed by atoms with van der Waals surface area (Å²) >= 11 is 0. The maximum atomic E-state index is 8.40. The first-order valence-electron chi connectivity index (χ1n) is 5.77. The third kappa shape index (κ3) is 4.04. The Bertz CT molecular complexity index is 555. The molecule has 0 aliphatic carbocycles. The summed E-state index contributed by atoms with van der Waals surface area (Å²) < 4.78 is 9.29. The Labute approximate surface area is 111 Å². The van der Waals surface area contributed by atoms with Crippen LogP contribution in [-0.2, 0) is 18.2 Å². The van der Waals surface area contributed by atoms with Crippen molar-refractivity contribution in [3.63, 3.8) is 0 Å². The smallest absolute Gasteiger partial charge is 0.257 e. The van der Waals surface area contributed by atoms with Crippen LogP contribution >= 0.6 is 0 Å². The average Bonchev–Trinajstić information content (AvgIpc) is 2.41. The third-order valence-corrected chi connectivity index (χ3v) is 2.49. The molecule has 2 aromatic rings. The van der Waals surface area contributed by atoms with E-state index in [1.54, 1.807) is 0 Å². The molecule has 3 N–H and O–H groups in total. The molecule has 19 heavy (non-hydrogen) atoms. The summed E-state index contributed by atoms with van der Waals surface area (Å²) in [6, 6.07) is 7.36. The van der Waals surface area contributed by atoms with E-state index < -0.39 is 0 Å². The van der Waals surface area contributed by atoms with E-state index in [0.717, 1.165) is 5.56 Å². The van der Waals surface area contributed by atoms with E-state index in [4.69, 9.17) is 15.7 Å². The van der Waals surface area contributed by atoms with E-state index in [2.05, 4.69) is 5.16 Å². The number of hydrogen-bond acceptors (Lipinski definition) is 4. The summed E-state index contributed by atoms with van der Waals surface area (Å²) in [5.74, 6) is 0. The molecule has 0 aromatic carbocycles. The highest BCUT2D eigenvalue weighted by atomic mass is 16.5. The molecule has 2 heterocycles. The average molecular weight is 260 g/mol. The zero-order valence-corrected chi connectivity index (χ0v) is 10.4. The Hall–Kier alpha value is -2.47. The molecule has 2 rings (SSSR count). The number of oxime groups is 1. The summed E-state index contributed by atoms with van der Waals surface area (Å²) in [5.41, 5.74) is 7.20. The molecule has 0 unspecified atom stereocenters. The minimum absolute atomic E-state index is 0.428. The van der Waals surface area contributed by atoms with Crippen LogP contribution in [-0.4, -0.2) is 11.4 Å². The van der Waals surface area contributed by atoms with Crippen LogP contribution in [0.25, 0.3) is 0 Å². The van der Waals surface area contributed by atoms with E-state index in [1.807, 2.05) is 58.2 Å². The van der Waals surface area contributed by atoms with Crippen LogP contribution in [0, 0.1) is 0 Å². The summed E-state index contributed by atoms with van der Waals surface area (Å²) in [4.78, 5) is 0. The highest BCUT2D eigenvalue weighted by molar-refractivity contribution is 5.78. The van der Waals surface area contributed by atoms with Gasteiger partial charge in [0.2, 0.25) is 0 Å². The number of nitrogens with two attached hydrogens (primary N) is 1. The number of hydrogen-bond donors (Lipinski definition) is 2. The topological polar surface area (TPSA) is 75.6 Å². The van der Waals surface area contributed by atoms with Crippen molar-refractivity contribution in [1.82, 2.24) is 0 Å². The highest BCUT2D eigenvalue weighted by Crippen LogP contribution is 1.93. The van der Waals surface area contributed by atoms with Crippen LogP contribution in [0.3, 0.4) is 0 Å². The Morgan fingerprint density at radius 1 is 1.16 bits per heavy atom. The molecular weight excluding hydrogens is 244 g/mol. The Morgan fingerprint density at radius 3 is 2.58 bits per heavy atom. The quantitative estimate of drug-likeness (QED) is 0.351. The van der Waals surface area contributed by atoms with Gasteiger partial charge in [0.1, 0.15) is 0 Å². The largest absolute Gasteiger partial charge is 0.411 e.